The molecule has 0 saturated carbocycles. The van der Waals surface area contributed by atoms with E-state index in [4.69, 9.17) is 0 Å². The van der Waals surface area contributed by atoms with Gasteiger partial charge in [0.15, 0.2) is 11.6 Å². The first kappa shape index (κ1) is 12.0. The lowest BCUT2D eigenvalue weighted by Gasteiger charge is -2.02. The molecule has 82 valence electrons. The summed E-state index contributed by atoms with van der Waals surface area (Å²) in [5.74, 6) is -2.08. The molecule has 0 aromatic heterocycles. The first-order chi connectivity index (χ1) is 7.13. The number of ether oxygens (including phenoxy) is 1. The average Bonchev–Trinajstić information content (AvgIpc) is 2.20. The standard InChI is InChI=1S/C10H10F2O2S/c1-2-14-10(13)6-15-7-3-4-8(11)9(12)5-7/h3-5H,2,6H2,1H3. The third-order valence-electron chi connectivity index (χ3n) is 1.55. The predicted molar refractivity (Wildman–Crippen MR) is 53.7 cm³/mol. The average molecular weight is 232 g/mol. The summed E-state index contributed by atoms with van der Waals surface area (Å²) in [5, 5.41) is 0. The zero-order valence-corrected chi connectivity index (χ0v) is 8.94. The van der Waals surface area contributed by atoms with Crippen molar-refractivity contribution in [1.29, 1.82) is 0 Å². The van der Waals surface area contributed by atoms with Crippen molar-refractivity contribution >= 4 is 17.7 Å². The highest BCUT2D eigenvalue weighted by Gasteiger charge is 2.06. The van der Waals surface area contributed by atoms with Crippen molar-refractivity contribution in [3.05, 3.63) is 29.8 Å². The zero-order chi connectivity index (χ0) is 11.3. The van der Waals surface area contributed by atoms with Crippen LogP contribution in [0, 0.1) is 11.6 Å². The number of esters is 1. The van der Waals surface area contributed by atoms with Gasteiger partial charge >= 0.3 is 5.97 Å². The Balaban J connectivity index is 2.51. The summed E-state index contributed by atoms with van der Waals surface area (Å²) in [6.07, 6.45) is 0. The molecule has 1 aromatic carbocycles. The van der Waals surface area contributed by atoms with Gasteiger partial charge in [-0.15, -0.1) is 11.8 Å². The molecule has 0 unspecified atom stereocenters. The molecule has 0 atom stereocenters. The number of thioether (sulfide) groups is 1. The SMILES string of the molecule is CCOC(=O)CSc1ccc(F)c(F)c1. The van der Waals surface area contributed by atoms with Gasteiger partial charge < -0.3 is 4.74 Å². The van der Waals surface area contributed by atoms with Gasteiger partial charge in [-0.1, -0.05) is 0 Å². The summed E-state index contributed by atoms with van der Waals surface area (Å²) in [7, 11) is 0. The number of carbonyl (C=O) groups excluding carboxylic acids is 1. The Labute approximate surface area is 90.6 Å². The summed E-state index contributed by atoms with van der Waals surface area (Å²) >= 11 is 1.11. The second-order valence-electron chi connectivity index (χ2n) is 2.67. The van der Waals surface area contributed by atoms with Crippen LogP contribution in [0.2, 0.25) is 0 Å². The van der Waals surface area contributed by atoms with Gasteiger partial charge in [-0.25, -0.2) is 8.78 Å². The zero-order valence-electron chi connectivity index (χ0n) is 8.13. The molecule has 0 spiro atoms. The van der Waals surface area contributed by atoms with Gasteiger partial charge in [0.1, 0.15) is 0 Å². The van der Waals surface area contributed by atoms with Gasteiger partial charge in [0.05, 0.1) is 12.4 Å². The van der Waals surface area contributed by atoms with Crippen molar-refractivity contribution in [2.75, 3.05) is 12.4 Å². The van der Waals surface area contributed by atoms with Crippen LogP contribution in [0.1, 0.15) is 6.92 Å². The molecule has 15 heavy (non-hydrogen) atoms. The van der Waals surface area contributed by atoms with Gasteiger partial charge in [0.2, 0.25) is 0 Å². The minimum absolute atomic E-state index is 0.0961. The summed E-state index contributed by atoms with van der Waals surface area (Å²) in [6, 6.07) is 3.50. The molecule has 1 rings (SSSR count). The van der Waals surface area contributed by atoms with Crippen molar-refractivity contribution in [3.8, 4) is 0 Å². The minimum atomic E-state index is -0.913. The second-order valence-corrected chi connectivity index (χ2v) is 3.72. The number of carbonyl (C=O) groups is 1. The van der Waals surface area contributed by atoms with Crippen molar-refractivity contribution in [3.63, 3.8) is 0 Å². The first-order valence-electron chi connectivity index (χ1n) is 4.37. The second kappa shape index (κ2) is 5.70. The normalized spacial score (nSPS) is 10.1. The maximum atomic E-state index is 12.7. The van der Waals surface area contributed by atoms with Crippen LogP contribution in [-0.2, 0) is 9.53 Å². The third-order valence-corrected chi connectivity index (χ3v) is 2.52. The monoisotopic (exact) mass is 232 g/mol. The Morgan fingerprint density at radius 3 is 2.73 bits per heavy atom. The predicted octanol–water partition coefficient (Wildman–Crippen LogP) is 2.62. The largest absolute Gasteiger partial charge is 0.465 e. The Morgan fingerprint density at radius 2 is 2.13 bits per heavy atom. The van der Waals surface area contributed by atoms with E-state index < -0.39 is 11.6 Å². The van der Waals surface area contributed by atoms with Crippen LogP contribution < -0.4 is 0 Å². The molecule has 0 bridgehead atoms. The van der Waals surface area contributed by atoms with Crippen LogP contribution in [0.4, 0.5) is 8.78 Å². The van der Waals surface area contributed by atoms with E-state index in [9.17, 15) is 13.6 Å². The van der Waals surface area contributed by atoms with E-state index in [1.165, 1.54) is 6.07 Å². The summed E-state index contributed by atoms with van der Waals surface area (Å²) in [6.45, 7) is 2.03. The summed E-state index contributed by atoms with van der Waals surface area (Å²) < 4.78 is 30.0. The molecule has 0 aliphatic rings. The number of benzene rings is 1. The van der Waals surface area contributed by atoms with Crippen molar-refractivity contribution in [1.82, 2.24) is 0 Å². The lowest BCUT2D eigenvalue weighted by molar-refractivity contribution is -0.139. The van der Waals surface area contributed by atoms with Crippen LogP contribution in [-0.4, -0.2) is 18.3 Å². The summed E-state index contributed by atoms with van der Waals surface area (Å²) in [5.41, 5.74) is 0. The van der Waals surface area contributed by atoms with Gasteiger partial charge in [0, 0.05) is 4.90 Å². The maximum absolute atomic E-state index is 12.7. The fraction of sp³-hybridized carbons (Fsp3) is 0.300. The lowest BCUT2D eigenvalue weighted by Crippen LogP contribution is -2.06. The van der Waals surface area contributed by atoms with Crippen LogP contribution in [0.5, 0.6) is 0 Å². The van der Waals surface area contributed by atoms with Crippen LogP contribution >= 0.6 is 11.8 Å². The summed E-state index contributed by atoms with van der Waals surface area (Å²) in [4.78, 5) is 11.5. The lowest BCUT2D eigenvalue weighted by atomic mass is 10.3. The number of hydrogen-bond acceptors (Lipinski definition) is 3. The highest BCUT2D eigenvalue weighted by atomic mass is 32.2. The van der Waals surface area contributed by atoms with Crippen molar-refractivity contribution in [2.24, 2.45) is 0 Å². The molecule has 0 amide bonds. The molecule has 0 N–H and O–H groups in total. The van der Waals surface area contributed by atoms with Crippen LogP contribution in [0.25, 0.3) is 0 Å². The smallest absolute Gasteiger partial charge is 0.316 e. The Hall–Kier alpha value is -1.10. The Kier molecular flexibility index (Phi) is 4.55. The van der Waals surface area contributed by atoms with E-state index in [1.54, 1.807) is 6.92 Å². The minimum Gasteiger partial charge on any atom is -0.465 e. The van der Waals surface area contributed by atoms with E-state index in [-0.39, 0.29) is 11.7 Å². The molecule has 0 radical (unpaired) electrons. The van der Waals surface area contributed by atoms with E-state index in [1.807, 2.05) is 0 Å². The molecule has 1 aromatic rings. The fourth-order valence-corrected chi connectivity index (χ4v) is 1.63. The Bertz CT molecular complexity index is 355. The number of hydrogen-bond donors (Lipinski definition) is 0. The molecule has 0 aliphatic carbocycles. The molecule has 2 nitrogen and oxygen atoms in total. The molecule has 0 fully saturated rings. The first-order valence-corrected chi connectivity index (χ1v) is 5.35. The molecule has 5 heteroatoms. The molecule has 0 aliphatic heterocycles. The molecular weight excluding hydrogens is 222 g/mol. The van der Waals surface area contributed by atoms with E-state index in [0.717, 1.165) is 23.9 Å². The molecule has 0 heterocycles. The third kappa shape index (κ3) is 3.87. The van der Waals surface area contributed by atoms with Crippen LogP contribution in [0.15, 0.2) is 23.1 Å². The number of halogens is 2. The van der Waals surface area contributed by atoms with E-state index >= 15 is 0 Å². The highest BCUT2D eigenvalue weighted by molar-refractivity contribution is 8.00. The molecular formula is C10H10F2O2S. The fourth-order valence-electron chi connectivity index (χ4n) is 0.912. The molecule has 0 saturated heterocycles. The van der Waals surface area contributed by atoms with Crippen molar-refractivity contribution in [2.45, 2.75) is 11.8 Å². The van der Waals surface area contributed by atoms with Gasteiger partial charge in [0.25, 0.3) is 0 Å². The topological polar surface area (TPSA) is 26.3 Å². The maximum Gasteiger partial charge on any atom is 0.316 e. The van der Waals surface area contributed by atoms with Gasteiger partial charge in [-0.05, 0) is 25.1 Å². The van der Waals surface area contributed by atoms with E-state index in [0.29, 0.717) is 11.5 Å². The van der Waals surface area contributed by atoms with Crippen molar-refractivity contribution < 1.29 is 18.3 Å². The highest BCUT2D eigenvalue weighted by Crippen LogP contribution is 2.20. The van der Waals surface area contributed by atoms with Gasteiger partial charge in [-0.3, -0.25) is 4.79 Å². The van der Waals surface area contributed by atoms with E-state index in [2.05, 4.69) is 4.74 Å². The van der Waals surface area contributed by atoms with Crippen LogP contribution in [0.3, 0.4) is 0 Å². The quantitative estimate of drug-likeness (QED) is 0.589. The van der Waals surface area contributed by atoms with Gasteiger partial charge in [-0.2, -0.15) is 0 Å². The Morgan fingerprint density at radius 1 is 1.40 bits per heavy atom. The number of rotatable bonds is 4.